The maximum atomic E-state index is 12.1. The van der Waals surface area contributed by atoms with Gasteiger partial charge < -0.3 is 16.4 Å². The van der Waals surface area contributed by atoms with Gasteiger partial charge in [-0.1, -0.05) is 19.4 Å². The molecular weight excluding hydrogens is 328 g/mol. The summed E-state index contributed by atoms with van der Waals surface area (Å²) in [5.74, 6) is -0.494. The fourth-order valence-electron chi connectivity index (χ4n) is 2.05. The van der Waals surface area contributed by atoms with Gasteiger partial charge in [0.1, 0.15) is 0 Å². The van der Waals surface area contributed by atoms with Crippen LogP contribution in [0.4, 0.5) is 11.4 Å². The first kappa shape index (κ1) is 19.6. The lowest BCUT2D eigenvalue weighted by Crippen LogP contribution is -2.35. The van der Waals surface area contributed by atoms with Gasteiger partial charge in [-0.2, -0.15) is 0 Å². The third-order valence-electron chi connectivity index (χ3n) is 3.25. The van der Waals surface area contributed by atoms with Crippen LogP contribution in [-0.4, -0.2) is 22.8 Å². The van der Waals surface area contributed by atoms with Gasteiger partial charge in [0, 0.05) is 23.8 Å². The molecule has 1 aromatic heterocycles. The van der Waals surface area contributed by atoms with Crippen LogP contribution in [-0.2, 0) is 4.79 Å². The number of nitrogens with zero attached hydrogens (tertiary/aromatic N) is 1. The maximum absolute atomic E-state index is 12.1. The number of hydrogen-bond acceptors (Lipinski definition) is 4. The van der Waals surface area contributed by atoms with E-state index in [1.54, 1.807) is 42.6 Å². The number of pyridine rings is 1. The minimum Gasteiger partial charge on any atom is -0.325 e. The van der Waals surface area contributed by atoms with Crippen molar-refractivity contribution in [3.8, 4) is 0 Å². The first-order valence-corrected chi connectivity index (χ1v) is 7.48. The van der Waals surface area contributed by atoms with Crippen LogP contribution in [0.3, 0.4) is 0 Å². The second-order valence-corrected chi connectivity index (χ2v) is 5.16. The molecule has 0 fully saturated rings. The van der Waals surface area contributed by atoms with Gasteiger partial charge in [-0.25, -0.2) is 0 Å². The minimum absolute atomic E-state index is 0. The van der Waals surface area contributed by atoms with Crippen LogP contribution in [0.25, 0.3) is 0 Å². The number of carbonyl (C=O) groups excluding carboxylic acids is 2. The Morgan fingerprint density at radius 1 is 1.17 bits per heavy atom. The van der Waals surface area contributed by atoms with E-state index in [-0.39, 0.29) is 24.2 Å². The summed E-state index contributed by atoms with van der Waals surface area (Å²) in [6, 6.07) is 9.77. The summed E-state index contributed by atoms with van der Waals surface area (Å²) in [4.78, 5) is 27.9. The Labute approximate surface area is 147 Å². The summed E-state index contributed by atoms with van der Waals surface area (Å²) in [5, 5.41) is 5.52. The van der Waals surface area contributed by atoms with Gasteiger partial charge in [0.2, 0.25) is 5.91 Å². The third-order valence-corrected chi connectivity index (χ3v) is 3.25. The first-order valence-electron chi connectivity index (χ1n) is 7.48. The fourth-order valence-corrected chi connectivity index (χ4v) is 2.05. The monoisotopic (exact) mass is 348 g/mol. The van der Waals surface area contributed by atoms with Crippen molar-refractivity contribution in [3.63, 3.8) is 0 Å². The molecule has 128 valence electrons. The van der Waals surface area contributed by atoms with Crippen LogP contribution in [0.1, 0.15) is 30.1 Å². The highest BCUT2D eigenvalue weighted by Gasteiger charge is 2.12. The number of hydrogen-bond donors (Lipinski definition) is 3. The predicted molar refractivity (Wildman–Crippen MR) is 97.4 cm³/mol. The highest BCUT2D eigenvalue weighted by Crippen LogP contribution is 2.16. The number of nitrogens with one attached hydrogen (secondary N) is 2. The average Bonchev–Trinajstić information content (AvgIpc) is 2.56. The molecule has 0 bridgehead atoms. The smallest absolute Gasteiger partial charge is 0.257 e. The van der Waals surface area contributed by atoms with Crippen molar-refractivity contribution in [1.82, 2.24) is 4.98 Å². The zero-order valence-electron chi connectivity index (χ0n) is 13.4. The lowest BCUT2D eigenvalue weighted by molar-refractivity contribution is -0.117. The molecular formula is C17H21ClN4O2. The van der Waals surface area contributed by atoms with E-state index in [0.717, 1.165) is 6.42 Å². The largest absolute Gasteiger partial charge is 0.325 e. The van der Waals surface area contributed by atoms with E-state index in [4.69, 9.17) is 5.73 Å². The Morgan fingerprint density at radius 3 is 2.50 bits per heavy atom. The van der Waals surface area contributed by atoms with Crippen LogP contribution in [0, 0.1) is 0 Å². The zero-order chi connectivity index (χ0) is 16.7. The number of aromatic nitrogens is 1. The second-order valence-electron chi connectivity index (χ2n) is 5.16. The van der Waals surface area contributed by atoms with E-state index in [0.29, 0.717) is 23.4 Å². The zero-order valence-corrected chi connectivity index (χ0v) is 14.2. The van der Waals surface area contributed by atoms with Gasteiger partial charge in [-0.3, -0.25) is 14.6 Å². The molecule has 2 rings (SSSR count). The Balaban J connectivity index is 0.00000288. The number of benzene rings is 1. The molecule has 24 heavy (non-hydrogen) atoms. The Hall–Kier alpha value is -2.44. The highest BCUT2D eigenvalue weighted by atomic mass is 35.5. The topological polar surface area (TPSA) is 97.1 Å². The molecule has 1 heterocycles. The lowest BCUT2D eigenvalue weighted by atomic mass is 10.1. The summed E-state index contributed by atoms with van der Waals surface area (Å²) < 4.78 is 0. The summed E-state index contributed by atoms with van der Waals surface area (Å²) in [7, 11) is 0. The molecule has 0 aliphatic carbocycles. The number of carbonyl (C=O) groups is 2. The van der Waals surface area contributed by atoms with Gasteiger partial charge in [0.25, 0.3) is 5.91 Å². The molecule has 6 nitrogen and oxygen atoms in total. The molecule has 0 aliphatic heterocycles. The Kier molecular flexibility index (Phi) is 7.88. The SMILES string of the molecule is CCC[C@H](N)C(=O)Nc1cccc(NC(=O)c2cccnc2)c1.Cl. The van der Waals surface area contributed by atoms with Crippen molar-refractivity contribution in [2.75, 3.05) is 10.6 Å². The van der Waals surface area contributed by atoms with Crippen molar-refractivity contribution in [3.05, 3.63) is 54.4 Å². The molecule has 2 aromatic rings. The van der Waals surface area contributed by atoms with Crippen LogP contribution >= 0.6 is 12.4 Å². The van der Waals surface area contributed by atoms with Crippen molar-refractivity contribution >= 4 is 35.6 Å². The minimum atomic E-state index is -0.534. The summed E-state index contributed by atoms with van der Waals surface area (Å²) in [5.41, 5.74) is 7.42. The van der Waals surface area contributed by atoms with Crippen molar-refractivity contribution in [1.29, 1.82) is 0 Å². The molecule has 0 aliphatic rings. The lowest BCUT2D eigenvalue weighted by Gasteiger charge is -2.12. The highest BCUT2D eigenvalue weighted by molar-refractivity contribution is 6.04. The summed E-state index contributed by atoms with van der Waals surface area (Å²) in [6.45, 7) is 1.97. The van der Waals surface area contributed by atoms with Crippen molar-refractivity contribution < 1.29 is 9.59 Å². The van der Waals surface area contributed by atoms with Crippen LogP contribution in [0.5, 0.6) is 0 Å². The summed E-state index contributed by atoms with van der Waals surface area (Å²) >= 11 is 0. The fraction of sp³-hybridized carbons (Fsp3) is 0.235. The number of halogens is 1. The van der Waals surface area contributed by atoms with E-state index >= 15 is 0 Å². The standard InChI is InChI=1S/C17H20N4O2.ClH/c1-2-5-15(18)17(23)21-14-8-3-7-13(10-14)20-16(22)12-6-4-9-19-11-12;/h3-4,6-11,15H,2,5,18H2,1H3,(H,20,22)(H,21,23);1H/t15-;/m0./s1. The number of rotatable bonds is 6. The van der Waals surface area contributed by atoms with Crippen molar-refractivity contribution in [2.24, 2.45) is 5.73 Å². The number of anilines is 2. The summed E-state index contributed by atoms with van der Waals surface area (Å²) in [6.07, 6.45) is 4.57. The molecule has 0 saturated carbocycles. The average molecular weight is 349 g/mol. The Morgan fingerprint density at radius 2 is 1.88 bits per heavy atom. The molecule has 0 saturated heterocycles. The van der Waals surface area contributed by atoms with Gasteiger partial charge in [0.05, 0.1) is 11.6 Å². The van der Waals surface area contributed by atoms with Gasteiger partial charge in [-0.15, -0.1) is 12.4 Å². The molecule has 2 amide bonds. The molecule has 1 aromatic carbocycles. The van der Waals surface area contributed by atoms with Crippen LogP contribution in [0.15, 0.2) is 48.8 Å². The number of nitrogens with two attached hydrogens (primary N) is 1. The normalized spacial score (nSPS) is 11.1. The van der Waals surface area contributed by atoms with Crippen molar-refractivity contribution in [2.45, 2.75) is 25.8 Å². The molecule has 0 spiro atoms. The van der Waals surface area contributed by atoms with Gasteiger partial charge in [-0.05, 0) is 36.8 Å². The predicted octanol–water partition coefficient (Wildman–Crippen LogP) is 2.82. The van der Waals surface area contributed by atoms with E-state index in [1.807, 2.05) is 6.92 Å². The Bertz CT molecular complexity index is 679. The van der Waals surface area contributed by atoms with E-state index in [2.05, 4.69) is 15.6 Å². The van der Waals surface area contributed by atoms with E-state index in [1.165, 1.54) is 6.20 Å². The van der Waals surface area contributed by atoms with Crippen LogP contribution in [0.2, 0.25) is 0 Å². The molecule has 1 atom stereocenters. The van der Waals surface area contributed by atoms with E-state index < -0.39 is 6.04 Å². The van der Waals surface area contributed by atoms with E-state index in [9.17, 15) is 9.59 Å². The number of amides is 2. The molecule has 0 unspecified atom stereocenters. The first-order chi connectivity index (χ1) is 11.1. The molecule has 7 heteroatoms. The van der Waals surface area contributed by atoms with Gasteiger partial charge >= 0.3 is 0 Å². The molecule has 0 radical (unpaired) electrons. The quantitative estimate of drug-likeness (QED) is 0.747. The van der Waals surface area contributed by atoms with Gasteiger partial charge in [0.15, 0.2) is 0 Å². The second kappa shape index (κ2) is 9.64. The maximum Gasteiger partial charge on any atom is 0.257 e. The molecule has 4 N–H and O–H groups in total. The van der Waals surface area contributed by atoms with Crippen LogP contribution < -0.4 is 16.4 Å². The third kappa shape index (κ3) is 5.64.